The number of benzene rings is 2. The van der Waals surface area contributed by atoms with Gasteiger partial charge >= 0.3 is 0 Å². The average Bonchev–Trinajstić information content (AvgIpc) is 2.60. The molecule has 0 radical (unpaired) electrons. The molecule has 0 fully saturated rings. The lowest BCUT2D eigenvalue weighted by Crippen LogP contribution is -2.21. The summed E-state index contributed by atoms with van der Waals surface area (Å²) >= 11 is 0. The van der Waals surface area contributed by atoms with Crippen molar-refractivity contribution in [2.75, 3.05) is 26.4 Å². The van der Waals surface area contributed by atoms with Crippen LogP contribution in [0.5, 0.6) is 5.75 Å². The second-order valence-corrected chi connectivity index (χ2v) is 5.53. The quantitative estimate of drug-likeness (QED) is 0.673. The SMILES string of the molecule is CCOCCOc1ccc(C(C)NCCc2ccccc2)cc1. The van der Waals surface area contributed by atoms with E-state index < -0.39 is 0 Å². The molecule has 0 aliphatic rings. The van der Waals surface area contributed by atoms with E-state index >= 15 is 0 Å². The number of rotatable bonds is 10. The molecule has 1 N–H and O–H groups in total. The monoisotopic (exact) mass is 313 g/mol. The van der Waals surface area contributed by atoms with Gasteiger partial charge in [-0.3, -0.25) is 0 Å². The highest BCUT2D eigenvalue weighted by atomic mass is 16.5. The lowest BCUT2D eigenvalue weighted by molar-refractivity contribution is 0.110. The Balaban J connectivity index is 1.72. The van der Waals surface area contributed by atoms with E-state index in [2.05, 4.69) is 54.7 Å². The molecule has 0 saturated heterocycles. The fourth-order valence-corrected chi connectivity index (χ4v) is 2.41. The Labute approximate surface area is 139 Å². The molecule has 0 spiro atoms. The van der Waals surface area contributed by atoms with E-state index in [9.17, 15) is 0 Å². The summed E-state index contributed by atoms with van der Waals surface area (Å²) in [5, 5.41) is 3.57. The zero-order valence-electron chi connectivity index (χ0n) is 14.1. The molecular formula is C20H27NO2. The second-order valence-electron chi connectivity index (χ2n) is 5.53. The van der Waals surface area contributed by atoms with Gasteiger partial charge < -0.3 is 14.8 Å². The first-order valence-electron chi connectivity index (χ1n) is 8.37. The molecule has 1 atom stereocenters. The van der Waals surface area contributed by atoms with E-state index in [1.165, 1.54) is 11.1 Å². The lowest BCUT2D eigenvalue weighted by Gasteiger charge is -2.15. The first kappa shape index (κ1) is 17.5. The van der Waals surface area contributed by atoms with Crippen LogP contribution in [0.25, 0.3) is 0 Å². The van der Waals surface area contributed by atoms with Crippen molar-refractivity contribution >= 4 is 0 Å². The molecule has 2 rings (SSSR count). The summed E-state index contributed by atoms with van der Waals surface area (Å²) in [4.78, 5) is 0. The molecule has 0 heterocycles. The predicted molar refractivity (Wildman–Crippen MR) is 95.0 cm³/mol. The summed E-state index contributed by atoms with van der Waals surface area (Å²) in [5.41, 5.74) is 2.64. The average molecular weight is 313 g/mol. The fourth-order valence-electron chi connectivity index (χ4n) is 2.41. The summed E-state index contributed by atoms with van der Waals surface area (Å²) in [7, 11) is 0. The Morgan fingerprint density at radius 2 is 1.70 bits per heavy atom. The minimum absolute atomic E-state index is 0.330. The third-order valence-corrected chi connectivity index (χ3v) is 3.79. The van der Waals surface area contributed by atoms with Crippen LogP contribution in [0.4, 0.5) is 0 Å². The van der Waals surface area contributed by atoms with Gasteiger partial charge in [0.25, 0.3) is 0 Å². The Morgan fingerprint density at radius 1 is 0.957 bits per heavy atom. The van der Waals surface area contributed by atoms with Gasteiger partial charge in [0, 0.05) is 12.6 Å². The number of hydrogen-bond donors (Lipinski definition) is 1. The van der Waals surface area contributed by atoms with E-state index in [1.807, 2.05) is 19.1 Å². The highest BCUT2D eigenvalue weighted by molar-refractivity contribution is 5.29. The highest BCUT2D eigenvalue weighted by Gasteiger charge is 2.05. The summed E-state index contributed by atoms with van der Waals surface area (Å²) in [6.07, 6.45) is 1.05. The van der Waals surface area contributed by atoms with E-state index in [1.54, 1.807) is 0 Å². The van der Waals surface area contributed by atoms with Crippen LogP contribution < -0.4 is 10.1 Å². The summed E-state index contributed by atoms with van der Waals surface area (Å²) in [5.74, 6) is 0.893. The normalized spacial score (nSPS) is 12.1. The largest absolute Gasteiger partial charge is 0.491 e. The Bertz CT molecular complexity index is 539. The van der Waals surface area contributed by atoms with E-state index in [0.29, 0.717) is 19.3 Å². The van der Waals surface area contributed by atoms with Gasteiger partial charge in [-0.15, -0.1) is 0 Å². The van der Waals surface area contributed by atoms with Crippen LogP contribution >= 0.6 is 0 Å². The van der Waals surface area contributed by atoms with Crippen molar-refractivity contribution in [3.8, 4) is 5.75 Å². The molecular weight excluding hydrogens is 286 g/mol. The standard InChI is InChI=1S/C20H27NO2/c1-3-22-15-16-23-20-11-9-19(10-12-20)17(2)21-14-13-18-7-5-4-6-8-18/h4-12,17,21H,3,13-16H2,1-2H3. The van der Waals surface area contributed by atoms with Gasteiger partial charge in [0.15, 0.2) is 0 Å². The van der Waals surface area contributed by atoms with Crippen molar-refractivity contribution in [1.82, 2.24) is 5.32 Å². The van der Waals surface area contributed by atoms with Gasteiger partial charge in [0.1, 0.15) is 12.4 Å². The minimum Gasteiger partial charge on any atom is -0.491 e. The van der Waals surface area contributed by atoms with Crippen LogP contribution in [0.2, 0.25) is 0 Å². The van der Waals surface area contributed by atoms with Crippen LogP contribution in [-0.4, -0.2) is 26.4 Å². The van der Waals surface area contributed by atoms with Gasteiger partial charge in [-0.05, 0) is 50.1 Å². The number of nitrogens with one attached hydrogen (secondary N) is 1. The molecule has 2 aromatic rings. The molecule has 1 unspecified atom stereocenters. The van der Waals surface area contributed by atoms with Crippen molar-refractivity contribution in [2.45, 2.75) is 26.3 Å². The molecule has 23 heavy (non-hydrogen) atoms. The lowest BCUT2D eigenvalue weighted by atomic mass is 10.1. The third-order valence-electron chi connectivity index (χ3n) is 3.79. The zero-order chi connectivity index (χ0) is 16.3. The maximum Gasteiger partial charge on any atom is 0.119 e. The summed E-state index contributed by atoms with van der Waals surface area (Å²) in [6, 6.07) is 19.2. The zero-order valence-corrected chi connectivity index (χ0v) is 14.1. The first-order valence-corrected chi connectivity index (χ1v) is 8.37. The molecule has 0 saturated carbocycles. The Hall–Kier alpha value is -1.84. The maximum absolute atomic E-state index is 5.64. The van der Waals surface area contributed by atoms with Crippen molar-refractivity contribution in [2.24, 2.45) is 0 Å². The van der Waals surface area contributed by atoms with Gasteiger partial charge in [-0.25, -0.2) is 0 Å². The molecule has 0 aliphatic carbocycles. The van der Waals surface area contributed by atoms with Crippen LogP contribution in [0.15, 0.2) is 54.6 Å². The first-order chi connectivity index (χ1) is 11.3. The van der Waals surface area contributed by atoms with Crippen molar-refractivity contribution in [3.63, 3.8) is 0 Å². The van der Waals surface area contributed by atoms with Crippen LogP contribution in [0, 0.1) is 0 Å². The molecule has 0 aliphatic heterocycles. The topological polar surface area (TPSA) is 30.5 Å². The molecule has 3 nitrogen and oxygen atoms in total. The Kier molecular flexibility index (Phi) is 7.64. The molecule has 3 heteroatoms. The van der Waals surface area contributed by atoms with E-state index in [0.717, 1.165) is 25.3 Å². The molecule has 124 valence electrons. The smallest absolute Gasteiger partial charge is 0.119 e. The second kappa shape index (κ2) is 10.0. The minimum atomic E-state index is 0.330. The van der Waals surface area contributed by atoms with Crippen molar-refractivity contribution in [3.05, 3.63) is 65.7 Å². The maximum atomic E-state index is 5.64. The van der Waals surface area contributed by atoms with Crippen LogP contribution in [0.3, 0.4) is 0 Å². The number of ether oxygens (including phenoxy) is 2. The highest BCUT2D eigenvalue weighted by Crippen LogP contribution is 2.17. The van der Waals surface area contributed by atoms with Gasteiger partial charge in [0.05, 0.1) is 6.61 Å². The van der Waals surface area contributed by atoms with E-state index in [4.69, 9.17) is 9.47 Å². The van der Waals surface area contributed by atoms with Gasteiger partial charge in [-0.2, -0.15) is 0 Å². The summed E-state index contributed by atoms with van der Waals surface area (Å²) in [6.45, 7) is 7.11. The fraction of sp³-hybridized carbons (Fsp3) is 0.400. The van der Waals surface area contributed by atoms with Crippen molar-refractivity contribution in [1.29, 1.82) is 0 Å². The summed E-state index contributed by atoms with van der Waals surface area (Å²) < 4.78 is 10.9. The van der Waals surface area contributed by atoms with Gasteiger partial charge in [0.2, 0.25) is 0 Å². The number of hydrogen-bond acceptors (Lipinski definition) is 3. The third kappa shape index (κ3) is 6.43. The predicted octanol–water partition coefficient (Wildman–Crippen LogP) is 4.00. The van der Waals surface area contributed by atoms with Gasteiger partial charge in [-0.1, -0.05) is 42.5 Å². The van der Waals surface area contributed by atoms with Crippen LogP contribution in [-0.2, 0) is 11.2 Å². The Morgan fingerprint density at radius 3 is 2.39 bits per heavy atom. The van der Waals surface area contributed by atoms with Crippen LogP contribution in [0.1, 0.15) is 31.0 Å². The molecule has 0 aromatic heterocycles. The molecule has 2 aromatic carbocycles. The van der Waals surface area contributed by atoms with E-state index in [-0.39, 0.29) is 0 Å². The van der Waals surface area contributed by atoms with Crippen molar-refractivity contribution < 1.29 is 9.47 Å². The molecule has 0 amide bonds. The molecule has 0 bridgehead atoms.